The average Bonchev–Trinajstić information content (AvgIpc) is 2.73. The number of benzene rings is 2. The number of anilines is 2. The van der Waals surface area contributed by atoms with Crippen LogP contribution in [0.5, 0.6) is 5.75 Å². The number of esters is 1. The fraction of sp³-hybridized carbons (Fsp3) is 0.300. The van der Waals surface area contributed by atoms with E-state index in [2.05, 4.69) is 10.2 Å². The van der Waals surface area contributed by atoms with E-state index in [0.717, 1.165) is 18.8 Å². The van der Waals surface area contributed by atoms with Crippen LogP contribution in [0.2, 0.25) is 5.02 Å². The van der Waals surface area contributed by atoms with Crippen LogP contribution in [-0.2, 0) is 19.1 Å². The van der Waals surface area contributed by atoms with Gasteiger partial charge in [-0.1, -0.05) is 23.7 Å². The summed E-state index contributed by atoms with van der Waals surface area (Å²) in [5, 5.41) is 3.09. The average molecular weight is 405 g/mol. The molecule has 1 saturated heterocycles. The topological polar surface area (TPSA) is 77.1 Å². The molecule has 28 heavy (non-hydrogen) atoms. The van der Waals surface area contributed by atoms with Gasteiger partial charge in [-0.15, -0.1) is 0 Å². The summed E-state index contributed by atoms with van der Waals surface area (Å²) >= 11 is 5.94. The molecule has 1 N–H and O–H groups in total. The summed E-state index contributed by atoms with van der Waals surface area (Å²) in [5.41, 5.74) is 1.70. The Balaban J connectivity index is 1.40. The van der Waals surface area contributed by atoms with Gasteiger partial charge in [0.1, 0.15) is 5.75 Å². The fourth-order valence-electron chi connectivity index (χ4n) is 2.66. The lowest BCUT2D eigenvalue weighted by atomic mass is 10.2. The van der Waals surface area contributed by atoms with E-state index >= 15 is 0 Å². The van der Waals surface area contributed by atoms with Crippen LogP contribution in [0.3, 0.4) is 0 Å². The number of halogens is 1. The number of carbonyl (C=O) groups is 2. The van der Waals surface area contributed by atoms with Crippen LogP contribution in [0.15, 0.2) is 48.5 Å². The van der Waals surface area contributed by atoms with Gasteiger partial charge in [-0.2, -0.15) is 0 Å². The second-order valence-corrected chi connectivity index (χ2v) is 6.48. The van der Waals surface area contributed by atoms with Gasteiger partial charge in [0.2, 0.25) is 0 Å². The molecule has 1 amide bonds. The highest BCUT2D eigenvalue weighted by atomic mass is 35.5. The molecular weight excluding hydrogens is 384 g/mol. The third-order valence-corrected chi connectivity index (χ3v) is 4.39. The molecule has 1 aliphatic heterocycles. The number of ether oxygens (including phenoxy) is 3. The SMILES string of the molecule is O=C(COC(=O)COc1ccccc1Cl)Nc1ccc(N2CCOCC2)cc1. The van der Waals surface area contributed by atoms with Crippen molar-refractivity contribution in [3.8, 4) is 5.75 Å². The molecule has 0 aliphatic carbocycles. The van der Waals surface area contributed by atoms with E-state index in [4.69, 9.17) is 25.8 Å². The first-order valence-electron chi connectivity index (χ1n) is 8.87. The Labute approximate surface area is 168 Å². The Kier molecular flexibility index (Phi) is 7.11. The van der Waals surface area contributed by atoms with Crippen LogP contribution in [0.25, 0.3) is 0 Å². The van der Waals surface area contributed by atoms with E-state index in [9.17, 15) is 9.59 Å². The van der Waals surface area contributed by atoms with Gasteiger partial charge >= 0.3 is 5.97 Å². The molecule has 0 radical (unpaired) electrons. The Morgan fingerprint density at radius 1 is 1.04 bits per heavy atom. The molecule has 0 atom stereocenters. The Hall–Kier alpha value is -2.77. The number of hydrogen-bond acceptors (Lipinski definition) is 6. The summed E-state index contributed by atoms with van der Waals surface area (Å²) in [5.74, 6) is -0.700. The molecule has 0 aromatic heterocycles. The quantitative estimate of drug-likeness (QED) is 0.715. The molecule has 1 heterocycles. The summed E-state index contributed by atoms with van der Waals surface area (Å²) in [6.45, 7) is 2.39. The molecule has 8 heteroatoms. The predicted molar refractivity (Wildman–Crippen MR) is 106 cm³/mol. The molecule has 0 bridgehead atoms. The molecule has 2 aromatic rings. The second-order valence-electron chi connectivity index (χ2n) is 6.07. The summed E-state index contributed by atoms with van der Waals surface area (Å²) in [6.07, 6.45) is 0. The van der Waals surface area contributed by atoms with E-state index in [1.807, 2.05) is 24.3 Å². The van der Waals surface area contributed by atoms with Crippen molar-refractivity contribution in [2.75, 3.05) is 49.7 Å². The Morgan fingerprint density at radius 2 is 1.75 bits per heavy atom. The van der Waals surface area contributed by atoms with Gasteiger partial charge in [-0.25, -0.2) is 4.79 Å². The van der Waals surface area contributed by atoms with Crippen molar-refractivity contribution in [3.05, 3.63) is 53.6 Å². The Bertz CT molecular complexity index is 806. The first kappa shape index (κ1) is 20.0. The maximum Gasteiger partial charge on any atom is 0.344 e. The normalized spacial score (nSPS) is 13.7. The number of carbonyl (C=O) groups excluding carboxylic acids is 2. The molecule has 1 fully saturated rings. The molecule has 0 spiro atoms. The maximum absolute atomic E-state index is 12.0. The van der Waals surface area contributed by atoms with Gasteiger partial charge in [0, 0.05) is 24.5 Å². The zero-order valence-electron chi connectivity index (χ0n) is 15.2. The smallest absolute Gasteiger partial charge is 0.344 e. The van der Waals surface area contributed by atoms with Crippen molar-refractivity contribution in [2.45, 2.75) is 0 Å². The van der Waals surface area contributed by atoms with Gasteiger partial charge in [0.25, 0.3) is 5.91 Å². The number of para-hydroxylation sites is 1. The predicted octanol–water partition coefficient (Wildman–Crippen LogP) is 2.74. The second kappa shape index (κ2) is 9.96. The third-order valence-electron chi connectivity index (χ3n) is 4.07. The molecule has 7 nitrogen and oxygen atoms in total. The summed E-state index contributed by atoms with van der Waals surface area (Å²) in [7, 11) is 0. The van der Waals surface area contributed by atoms with E-state index in [1.165, 1.54) is 0 Å². The van der Waals surface area contributed by atoms with Crippen molar-refractivity contribution < 1.29 is 23.8 Å². The molecule has 0 saturated carbocycles. The highest BCUT2D eigenvalue weighted by molar-refractivity contribution is 6.32. The molecule has 148 valence electrons. The van der Waals surface area contributed by atoms with Gasteiger partial charge < -0.3 is 24.4 Å². The van der Waals surface area contributed by atoms with E-state index < -0.39 is 18.5 Å². The lowest BCUT2D eigenvalue weighted by Crippen LogP contribution is -2.36. The van der Waals surface area contributed by atoms with E-state index in [0.29, 0.717) is 29.7 Å². The van der Waals surface area contributed by atoms with Crippen molar-refractivity contribution in [1.29, 1.82) is 0 Å². The highest BCUT2D eigenvalue weighted by Crippen LogP contribution is 2.23. The number of nitrogens with zero attached hydrogens (tertiary/aromatic N) is 1. The van der Waals surface area contributed by atoms with E-state index in [1.54, 1.807) is 24.3 Å². The minimum absolute atomic E-state index is 0.328. The number of amides is 1. The van der Waals surface area contributed by atoms with Gasteiger partial charge in [-0.3, -0.25) is 4.79 Å². The van der Waals surface area contributed by atoms with Crippen molar-refractivity contribution in [2.24, 2.45) is 0 Å². The standard InChI is InChI=1S/C20H21ClN2O5/c21-17-3-1-2-4-18(17)27-14-20(25)28-13-19(24)22-15-5-7-16(8-6-15)23-9-11-26-12-10-23/h1-8H,9-14H2,(H,22,24). The summed E-state index contributed by atoms with van der Waals surface area (Å²) < 4.78 is 15.5. The fourth-order valence-corrected chi connectivity index (χ4v) is 2.85. The van der Waals surface area contributed by atoms with Gasteiger partial charge in [0.15, 0.2) is 13.2 Å². The van der Waals surface area contributed by atoms with Crippen LogP contribution >= 0.6 is 11.6 Å². The van der Waals surface area contributed by atoms with Crippen molar-refractivity contribution >= 4 is 34.9 Å². The molecular formula is C20H21ClN2O5. The molecule has 0 unspecified atom stereocenters. The number of rotatable bonds is 7. The zero-order valence-corrected chi connectivity index (χ0v) is 16.0. The minimum atomic E-state index is -0.655. The number of hydrogen-bond donors (Lipinski definition) is 1. The number of morpholine rings is 1. The first-order chi connectivity index (χ1) is 13.6. The molecule has 2 aromatic carbocycles. The lowest BCUT2D eigenvalue weighted by Gasteiger charge is -2.28. The zero-order chi connectivity index (χ0) is 19.8. The first-order valence-corrected chi connectivity index (χ1v) is 9.25. The van der Waals surface area contributed by atoms with Crippen LogP contribution in [0.4, 0.5) is 11.4 Å². The van der Waals surface area contributed by atoms with E-state index in [-0.39, 0.29) is 6.61 Å². The van der Waals surface area contributed by atoms with Crippen molar-refractivity contribution in [1.82, 2.24) is 0 Å². The van der Waals surface area contributed by atoms with Crippen LogP contribution in [-0.4, -0.2) is 51.4 Å². The summed E-state index contributed by atoms with van der Waals surface area (Å²) in [6, 6.07) is 14.3. The van der Waals surface area contributed by atoms with Crippen LogP contribution in [0, 0.1) is 0 Å². The van der Waals surface area contributed by atoms with Crippen molar-refractivity contribution in [3.63, 3.8) is 0 Å². The largest absolute Gasteiger partial charge is 0.480 e. The number of nitrogens with one attached hydrogen (secondary N) is 1. The lowest BCUT2D eigenvalue weighted by molar-refractivity contribution is -0.149. The highest BCUT2D eigenvalue weighted by Gasteiger charge is 2.12. The minimum Gasteiger partial charge on any atom is -0.480 e. The Morgan fingerprint density at radius 3 is 2.46 bits per heavy atom. The summed E-state index contributed by atoms with van der Waals surface area (Å²) in [4.78, 5) is 25.9. The van der Waals surface area contributed by atoms with Crippen LogP contribution in [0.1, 0.15) is 0 Å². The molecule has 3 rings (SSSR count). The van der Waals surface area contributed by atoms with Gasteiger partial charge in [0.05, 0.1) is 18.2 Å². The maximum atomic E-state index is 12.0. The van der Waals surface area contributed by atoms with Gasteiger partial charge in [-0.05, 0) is 36.4 Å². The van der Waals surface area contributed by atoms with Crippen LogP contribution < -0.4 is 15.0 Å². The molecule has 1 aliphatic rings. The monoisotopic (exact) mass is 404 g/mol. The third kappa shape index (κ3) is 5.87.